The van der Waals surface area contributed by atoms with Crippen LogP contribution >= 0.6 is 0 Å². The maximum atomic E-state index is 12.2. The molecule has 0 saturated carbocycles. The molecule has 0 unspecified atom stereocenters. The van der Waals surface area contributed by atoms with Gasteiger partial charge in [0.15, 0.2) is 0 Å². The summed E-state index contributed by atoms with van der Waals surface area (Å²) < 4.78 is 0. The van der Waals surface area contributed by atoms with Gasteiger partial charge < -0.3 is 5.32 Å². The van der Waals surface area contributed by atoms with Crippen LogP contribution in [0, 0.1) is 11.3 Å². The standard InChI is InChI=1S/C22H24N2O/c1-22(2,3)20-11-9-18(10-12-20)15-19(16-23)21(25)24-14-13-17-7-5-4-6-8-17/h4-12,15H,13-14H2,1-3H3,(H,24,25)/b19-15+. The van der Waals surface area contributed by atoms with E-state index < -0.39 is 0 Å². The fraction of sp³-hybridized carbons (Fsp3) is 0.273. The van der Waals surface area contributed by atoms with Crippen molar-refractivity contribution in [3.63, 3.8) is 0 Å². The van der Waals surface area contributed by atoms with Crippen molar-refractivity contribution in [2.45, 2.75) is 32.6 Å². The Labute approximate surface area is 150 Å². The van der Waals surface area contributed by atoms with E-state index in [9.17, 15) is 10.1 Å². The number of carbonyl (C=O) groups is 1. The van der Waals surface area contributed by atoms with Crippen LogP contribution in [0.4, 0.5) is 0 Å². The van der Waals surface area contributed by atoms with Crippen LogP contribution in [0.2, 0.25) is 0 Å². The van der Waals surface area contributed by atoms with Crippen molar-refractivity contribution in [2.75, 3.05) is 6.54 Å². The van der Waals surface area contributed by atoms with Gasteiger partial charge >= 0.3 is 0 Å². The van der Waals surface area contributed by atoms with Gasteiger partial charge in [0.2, 0.25) is 0 Å². The topological polar surface area (TPSA) is 52.9 Å². The first-order valence-electron chi connectivity index (χ1n) is 8.44. The molecule has 0 aliphatic heterocycles. The van der Waals surface area contributed by atoms with Crippen LogP contribution in [0.5, 0.6) is 0 Å². The molecule has 3 heteroatoms. The Kier molecular flexibility index (Phi) is 6.14. The van der Waals surface area contributed by atoms with Gasteiger partial charge in [0.1, 0.15) is 11.6 Å². The van der Waals surface area contributed by atoms with Gasteiger partial charge in [-0.25, -0.2) is 0 Å². The van der Waals surface area contributed by atoms with E-state index >= 15 is 0 Å². The summed E-state index contributed by atoms with van der Waals surface area (Å²) in [7, 11) is 0. The van der Waals surface area contributed by atoms with E-state index in [1.54, 1.807) is 6.08 Å². The second-order valence-electron chi connectivity index (χ2n) is 7.03. The monoisotopic (exact) mass is 332 g/mol. The lowest BCUT2D eigenvalue weighted by Gasteiger charge is -2.18. The number of nitrogens with zero attached hydrogens (tertiary/aromatic N) is 1. The van der Waals surface area contributed by atoms with E-state index in [1.807, 2.05) is 60.7 Å². The molecule has 0 heterocycles. The SMILES string of the molecule is CC(C)(C)c1ccc(/C=C(\C#N)C(=O)NCCc2ccccc2)cc1. The van der Waals surface area contributed by atoms with E-state index in [2.05, 4.69) is 26.1 Å². The molecule has 3 nitrogen and oxygen atoms in total. The maximum absolute atomic E-state index is 12.2. The quantitative estimate of drug-likeness (QED) is 0.657. The number of benzene rings is 2. The summed E-state index contributed by atoms with van der Waals surface area (Å²) in [5.74, 6) is -0.335. The number of carbonyl (C=O) groups excluding carboxylic acids is 1. The summed E-state index contributed by atoms with van der Waals surface area (Å²) in [6.45, 7) is 6.96. The zero-order valence-electron chi connectivity index (χ0n) is 15.0. The van der Waals surface area contributed by atoms with Crippen LogP contribution in [0.1, 0.15) is 37.5 Å². The Balaban J connectivity index is 1.99. The Morgan fingerprint density at radius 1 is 1.08 bits per heavy atom. The first kappa shape index (κ1) is 18.5. The number of rotatable bonds is 5. The summed E-state index contributed by atoms with van der Waals surface area (Å²) in [5, 5.41) is 12.1. The molecule has 0 spiro atoms. The van der Waals surface area contributed by atoms with Crippen LogP contribution in [-0.4, -0.2) is 12.5 Å². The molecular weight excluding hydrogens is 308 g/mol. The molecule has 1 amide bonds. The second kappa shape index (κ2) is 8.30. The van der Waals surface area contributed by atoms with Crippen LogP contribution in [0.25, 0.3) is 6.08 Å². The average Bonchev–Trinajstić information content (AvgIpc) is 2.60. The molecule has 1 N–H and O–H groups in total. The highest BCUT2D eigenvalue weighted by atomic mass is 16.1. The van der Waals surface area contributed by atoms with E-state index in [-0.39, 0.29) is 16.9 Å². The highest BCUT2D eigenvalue weighted by molar-refractivity contribution is 6.01. The summed E-state index contributed by atoms with van der Waals surface area (Å²) in [4.78, 5) is 12.2. The van der Waals surface area contributed by atoms with E-state index in [4.69, 9.17) is 0 Å². The van der Waals surface area contributed by atoms with Gasteiger partial charge in [0.05, 0.1) is 0 Å². The molecule has 0 atom stereocenters. The van der Waals surface area contributed by atoms with Gasteiger partial charge in [-0.1, -0.05) is 75.4 Å². The smallest absolute Gasteiger partial charge is 0.261 e. The van der Waals surface area contributed by atoms with Crippen LogP contribution in [0.3, 0.4) is 0 Å². The minimum Gasteiger partial charge on any atom is -0.351 e. The molecule has 2 rings (SSSR count). The van der Waals surface area contributed by atoms with Gasteiger partial charge in [-0.2, -0.15) is 5.26 Å². The summed E-state index contributed by atoms with van der Waals surface area (Å²) in [6, 6.07) is 19.9. The third-order valence-electron chi connectivity index (χ3n) is 3.99. The number of nitriles is 1. The summed E-state index contributed by atoms with van der Waals surface area (Å²) in [6.07, 6.45) is 2.37. The minimum atomic E-state index is -0.335. The van der Waals surface area contributed by atoms with Crippen molar-refractivity contribution in [2.24, 2.45) is 0 Å². The lowest BCUT2D eigenvalue weighted by molar-refractivity contribution is -0.117. The molecule has 0 saturated heterocycles. The second-order valence-corrected chi connectivity index (χ2v) is 7.03. The zero-order valence-corrected chi connectivity index (χ0v) is 15.0. The third kappa shape index (κ3) is 5.61. The van der Waals surface area contributed by atoms with Crippen molar-refractivity contribution in [3.8, 4) is 6.07 Å². The largest absolute Gasteiger partial charge is 0.351 e. The highest BCUT2D eigenvalue weighted by Gasteiger charge is 2.13. The van der Waals surface area contributed by atoms with Crippen molar-refractivity contribution < 1.29 is 4.79 Å². The van der Waals surface area contributed by atoms with E-state index in [0.29, 0.717) is 6.54 Å². The first-order chi connectivity index (χ1) is 11.9. The molecule has 0 aliphatic rings. The fourth-order valence-electron chi connectivity index (χ4n) is 2.45. The molecule has 128 valence electrons. The van der Waals surface area contributed by atoms with Crippen molar-refractivity contribution >= 4 is 12.0 Å². The fourth-order valence-corrected chi connectivity index (χ4v) is 2.45. The van der Waals surface area contributed by atoms with Crippen molar-refractivity contribution in [3.05, 3.63) is 76.9 Å². The Hall–Kier alpha value is -2.86. The maximum Gasteiger partial charge on any atom is 0.261 e. The van der Waals surface area contributed by atoms with Crippen molar-refractivity contribution in [1.82, 2.24) is 5.32 Å². The van der Waals surface area contributed by atoms with Crippen LogP contribution in [0.15, 0.2) is 60.2 Å². The van der Waals surface area contributed by atoms with Gasteiger partial charge in [-0.05, 0) is 34.6 Å². The molecule has 2 aromatic rings. The molecule has 0 bridgehead atoms. The van der Waals surface area contributed by atoms with E-state index in [1.165, 1.54) is 5.56 Å². The van der Waals surface area contributed by atoms with Gasteiger partial charge in [-0.15, -0.1) is 0 Å². The number of hydrogen-bond acceptors (Lipinski definition) is 2. The number of amides is 1. The van der Waals surface area contributed by atoms with Gasteiger partial charge in [0.25, 0.3) is 5.91 Å². The normalized spacial score (nSPS) is 11.7. The number of nitrogens with one attached hydrogen (secondary N) is 1. The lowest BCUT2D eigenvalue weighted by Crippen LogP contribution is -2.26. The third-order valence-corrected chi connectivity index (χ3v) is 3.99. The molecule has 0 fully saturated rings. The Morgan fingerprint density at radius 2 is 1.72 bits per heavy atom. The Bertz CT molecular complexity index is 776. The zero-order chi connectivity index (χ0) is 18.3. The molecule has 0 aliphatic carbocycles. The molecule has 25 heavy (non-hydrogen) atoms. The van der Waals surface area contributed by atoms with Crippen LogP contribution < -0.4 is 5.32 Å². The summed E-state index contributed by atoms with van der Waals surface area (Å²) in [5.41, 5.74) is 3.42. The Morgan fingerprint density at radius 3 is 2.28 bits per heavy atom. The minimum absolute atomic E-state index is 0.0785. The predicted octanol–water partition coefficient (Wildman–Crippen LogP) is 4.25. The summed E-state index contributed by atoms with van der Waals surface area (Å²) >= 11 is 0. The molecular formula is C22H24N2O. The molecule has 0 radical (unpaired) electrons. The van der Waals surface area contributed by atoms with Gasteiger partial charge in [0, 0.05) is 6.54 Å². The first-order valence-corrected chi connectivity index (χ1v) is 8.44. The molecule has 0 aromatic heterocycles. The highest BCUT2D eigenvalue weighted by Crippen LogP contribution is 2.22. The average molecular weight is 332 g/mol. The number of hydrogen-bond donors (Lipinski definition) is 1. The van der Waals surface area contributed by atoms with Crippen molar-refractivity contribution in [1.29, 1.82) is 5.26 Å². The predicted molar refractivity (Wildman–Crippen MR) is 102 cm³/mol. The van der Waals surface area contributed by atoms with Crippen LogP contribution in [-0.2, 0) is 16.6 Å². The molecule has 2 aromatic carbocycles. The van der Waals surface area contributed by atoms with Gasteiger partial charge in [-0.3, -0.25) is 4.79 Å². The lowest BCUT2D eigenvalue weighted by atomic mass is 9.86. The van der Waals surface area contributed by atoms with E-state index in [0.717, 1.165) is 17.5 Å².